The molecule has 2 saturated heterocycles. The van der Waals surface area contributed by atoms with Gasteiger partial charge in [-0.2, -0.15) is 0 Å². The van der Waals surface area contributed by atoms with Gasteiger partial charge in [-0.25, -0.2) is 0 Å². The predicted molar refractivity (Wildman–Crippen MR) is 107 cm³/mol. The summed E-state index contributed by atoms with van der Waals surface area (Å²) in [6, 6.07) is 0. The third kappa shape index (κ3) is 8.31. The number of aliphatic imine (C=N–C) groups is 1. The van der Waals surface area contributed by atoms with E-state index in [4.69, 9.17) is 14.2 Å². The second-order valence-corrected chi connectivity index (χ2v) is 6.45. The Kier molecular flexibility index (Phi) is 12.0. The summed E-state index contributed by atoms with van der Waals surface area (Å²) in [7, 11) is 3.93. The van der Waals surface area contributed by atoms with Crippen LogP contribution in [-0.2, 0) is 14.2 Å². The lowest BCUT2D eigenvalue weighted by Crippen LogP contribution is -2.41. The Balaban J connectivity index is 0.00000288. The van der Waals surface area contributed by atoms with Crippen molar-refractivity contribution in [2.24, 2.45) is 10.9 Å². The summed E-state index contributed by atoms with van der Waals surface area (Å²) < 4.78 is 16.6. The highest BCUT2D eigenvalue weighted by atomic mass is 127. The van der Waals surface area contributed by atoms with E-state index in [0.29, 0.717) is 19.3 Å². The third-order valence-corrected chi connectivity index (χ3v) is 4.64. The molecule has 24 heavy (non-hydrogen) atoms. The second kappa shape index (κ2) is 13.1. The fraction of sp³-hybridized carbons (Fsp3) is 0.941. The minimum atomic E-state index is 0. The van der Waals surface area contributed by atoms with Crippen molar-refractivity contribution in [1.82, 2.24) is 10.2 Å². The minimum absolute atomic E-state index is 0. The monoisotopic (exact) mass is 455 g/mol. The molecule has 2 fully saturated rings. The summed E-state index contributed by atoms with van der Waals surface area (Å²) >= 11 is 0. The van der Waals surface area contributed by atoms with E-state index in [1.54, 1.807) is 0 Å². The van der Waals surface area contributed by atoms with E-state index >= 15 is 0 Å². The predicted octanol–water partition coefficient (Wildman–Crippen LogP) is 2.12. The maximum absolute atomic E-state index is 5.67. The van der Waals surface area contributed by atoms with Gasteiger partial charge in [0, 0.05) is 47.0 Å². The molecule has 142 valence electrons. The molecule has 0 radical (unpaired) electrons. The third-order valence-electron chi connectivity index (χ3n) is 4.64. The summed E-state index contributed by atoms with van der Waals surface area (Å²) in [6.07, 6.45) is 6.18. The molecule has 0 amide bonds. The molecule has 2 heterocycles. The van der Waals surface area contributed by atoms with Crippen LogP contribution >= 0.6 is 24.0 Å². The van der Waals surface area contributed by atoms with E-state index in [1.807, 2.05) is 7.05 Å². The highest BCUT2D eigenvalue weighted by Crippen LogP contribution is 2.18. The van der Waals surface area contributed by atoms with E-state index < -0.39 is 0 Å². The first-order chi connectivity index (χ1) is 11.3. The van der Waals surface area contributed by atoms with E-state index in [0.717, 1.165) is 57.6 Å². The largest absolute Gasteiger partial charge is 0.381 e. The van der Waals surface area contributed by atoms with Crippen molar-refractivity contribution >= 4 is 29.9 Å². The van der Waals surface area contributed by atoms with Crippen LogP contribution < -0.4 is 5.32 Å². The number of halogens is 1. The van der Waals surface area contributed by atoms with Crippen LogP contribution in [0.25, 0.3) is 0 Å². The zero-order chi connectivity index (χ0) is 16.3. The minimum Gasteiger partial charge on any atom is -0.381 e. The van der Waals surface area contributed by atoms with Crippen molar-refractivity contribution in [1.29, 1.82) is 0 Å². The van der Waals surface area contributed by atoms with E-state index in [2.05, 4.69) is 22.3 Å². The van der Waals surface area contributed by atoms with Gasteiger partial charge in [-0.1, -0.05) is 0 Å². The highest BCUT2D eigenvalue weighted by molar-refractivity contribution is 14.0. The van der Waals surface area contributed by atoms with Gasteiger partial charge in [0.1, 0.15) is 0 Å². The molecule has 0 aromatic carbocycles. The maximum Gasteiger partial charge on any atom is 0.193 e. The van der Waals surface area contributed by atoms with Crippen LogP contribution in [0.3, 0.4) is 0 Å². The Labute approximate surface area is 163 Å². The molecule has 1 N–H and O–H groups in total. The molecular formula is C17H34IN3O3. The SMILES string of the molecule is CN=C(NCCOCC1CCCO1)N(C)CCC1CCOCC1.I. The quantitative estimate of drug-likeness (QED) is 0.263. The van der Waals surface area contributed by atoms with Gasteiger partial charge in [0.15, 0.2) is 5.96 Å². The number of rotatable bonds is 8. The van der Waals surface area contributed by atoms with E-state index in [1.165, 1.54) is 19.3 Å². The second-order valence-electron chi connectivity index (χ2n) is 6.45. The van der Waals surface area contributed by atoms with Crippen LogP contribution in [0.5, 0.6) is 0 Å². The first kappa shape index (κ1) is 21.9. The van der Waals surface area contributed by atoms with Crippen LogP contribution in [0.1, 0.15) is 32.1 Å². The Bertz CT molecular complexity index is 346. The molecule has 0 bridgehead atoms. The molecule has 1 atom stereocenters. The first-order valence-electron chi connectivity index (χ1n) is 8.98. The normalized spacial score (nSPS) is 22.2. The molecule has 6 nitrogen and oxygen atoms in total. The Hall–Kier alpha value is -0.120. The van der Waals surface area contributed by atoms with Crippen molar-refractivity contribution in [2.45, 2.75) is 38.2 Å². The fourth-order valence-corrected chi connectivity index (χ4v) is 3.13. The number of nitrogens with one attached hydrogen (secondary N) is 1. The molecule has 0 aromatic rings. The van der Waals surface area contributed by atoms with Crippen molar-refractivity contribution in [3.8, 4) is 0 Å². The molecule has 0 aliphatic carbocycles. The number of hydrogen-bond acceptors (Lipinski definition) is 4. The van der Waals surface area contributed by atoms with E-state index in [-0.39, 0.29) is 24.0 Å². The van der Waals surface area contributed by atoms with Crippen LogP contribution in [0, 0.1) is 5.92 Å². The van der Waals surface area contributed by atoms with Gasteiger partial charge < -0.3 is 24.4 Å². The zero-order valence-corrected chi connectivity index (χ0v) is 17.5. The number of guanidine groups is 1. The first-order valence-corrected chi connectivity index (χ1v) is 8.98. The van der Waals surface area contributed by atoms with Crippen molar-refractivity contribution in [3.63, 3.8) is 0 Å². The molecular weight excluding hydrogens is 421 g/mol. The summed E-state index contributed by atoms with van der Waals surface area (Å²) in [4.78, 5) is 6.56. The standard InChI is InChI=1S/C17H33N3O3.HI/c1-18-17(19-8-13-22-14-16-4-3-10-23-16)20(2)9-5-15-6-11-21-12-7-15;/h15-16H,3-14H2,1-2H3,(H,18,19);1H. The molecule has 2 aliphatic heterocycles. The van der Waals surface area contributed by atoms with Crippen LogP contribution in [0.15, 0.2) is 4.99 Å². The lowest BCUT2D eigenvalue weighted by molar-refractivity contribution is 0.0190. The van der Waals surface area contributed by atoms with Gasteiger partial charge in [0.25, 0.3) is 0 Å². The molecule has 0 aromatic heterocycles. The molecule has 0 spiro atoms. The van der Waals surface area contributed by atoms with Crippen molar-refractivity contribution in [2.75, 3.05) is 60.2 Å². The highest BCUT2D eigenvalue weighted by Gasteiger charge is 2.16. The smallest absolute Gasteiger partial charge is 0.193 e. The zero-order valence-electron chi connectivity index (χ0n) is 15.2. The average Bonchev–Trinajstić information content (AvgIpc) is 3.10. The Morgan fingerprint density at radius 2 is 2.04 bits per heavy atom. The Morgan fingerprint density at radius 3 is 2.71 bits per heavy atom. The van der Waals surface area contributed by atoms with Crippen LogP contribution in [0.4, 0.5) is 0 Å². The van der Waals surface area contributed by atoms with Crippen LogP contribution in [0.2, 0.25) is 0 Å². The number of ether oxygens (including phenoxy) is 3. The lowest BCUT2D eigenvalue weighted by atomic mass is 9.96. The fourth-order valence-electron chi connectivity index (χ4n) is 3.13. The molecule has 0 saturated carbocycles. The summed E-state index contributed by atoms with van der Waals surface area (Å²) in [6.45, 7) is 5.93. The lowest BCUT2D eigenvalue weighted by Gasteiger charge is -2.26. The van der Waals surface area contributed by atoms with Gasteiger partial charge in [-0.15, -0.1) is 24.0 Å². The van der Waals surface area contributed by atoms with Crippen molar-refractivity contribution < 1.29 is 14.2 Å². The average molecular weight is 455 g/mol. The van der Waals surface area contributed by atoms with Gasteiger partial charge >= 0.3 is 0 Å². The number of nitrogens with zero attached hydrogens (tertiary/aromatic N) is 2. The summed E-state index contributed by atoms with van der Waals surface area (Å²) in [5.74, 6) is 1.73. The van der Waals surface area contributed by atoms with Gasteiger partial charge in [-0.05, 0) is 38.0 Å². The van der Waals surface area contributed by atoms with Gasteiger partial charge in [0.2, 0.25) is 0 Å². The molecule has 1 unspecified atom stereocenters. The Morgan fingerprint density at radius 1 is 1.25 bits per heavy atom. The molecule has 2 aliphatic rings. The molecule has 2 rings (SSSR count). The molecule has 7 heteroatoms. The van der Waals surface area contributed by atoms with Gasteiger partial charge in [0.05, 0.1) is 19.3 Å². The van der Waals surface area contributed by atoms with Crippen molar-refractivity contribution in [3.05, 3.63) is 0 Å². The van der Waals surface area contributed by atoms with Gasteiger partial charge in [-0.3, -0.25) is 4.99 Å². The summed E-state index contributed by atoms with van der Waals surface area (Å²) in [5, 5.41) is 3.37. The number of hydrogen-bond donors (Lipinski definition) is 1. The summed E-state index contributed by atoms with van der Waals surface area (Å²) in [5.41, 5.74) is 0. The topological polar surface area (TPSA) is 55.3 Å². The maximum atomic E-state index is 5.67. The van der Waals surface area contributed by atoms with Crippen LogP contribution in [-0.4, -0.2) is 77.2 Å². The van der Waals surface area contributed by atoms with E-state index in [9.17, 15) is 0 Å².